The summed E-state index contributed by atoms with van der Waals surface area (Å²) in [7, 11) is 3.07. The number of carbonyl (C=O) groups is 1. The fraction of sp³-hybridized carbons (Fsp3) is 0.100. The molecule has 132 valence electrons. The van der Waals surface area contributed by atoms with Crippen molar-refractivity contribution in [2.75, 3.05) is 14.2 Å². The smallest absolute Gasteiger partial charge is 0.186 e. The van der Waals surface area contributed by atoms with Gasteiger partial charge in [0.2, 0.25) is 0 Å². The van der Waals surface area contributed by atoms with Crippen molar-refractivity contribution in [1.29, 1.82) is 0 Å². The van der Waals surface area contributed by atoms with Gasteiger partial charge in [0, 0.05) is 11.1 Å². The number of aromatic nitrogens is 2. The minimum atomic E-state index is -0.233. The van der Waals surface area contributed by atoms with E-state index in [1.807, 2.05) is 30.3 Å². The van der Waals surface area contributed by atoms with Crippen molar-refractivity contribution >= 4 is 11.9 Å². The Morgan fingerprint density at radius 2 is 1.85 bits per heavy atom. The minimum Gasteiger partial charge on any atom is -0.504 e. The predicted molar refractivity (Wildman–Crippen MR) is 98.6 cm³/mol. The second kappa shape index (κ2) is 7.57. The van der Waals surface area contributed by atoms with Gasteiger partial charge in [-0.25, -0.2) is 0 Å². The second-order valence-corrected chi connectivity index (χ2v) is 5.52. The first-order chi connectivity index (χ1) is 12.6. The molecule has 0 saturated carbocycles. The average molecular weight is 350 g/mol. The molecule has 0 aliphatic carbocycles. The normalized spacial score (nSPS) is 10.8. The number of aromatic amines is 1. The van der Waals surface area contributed by atoms with E-state index in [4.69, 9.17) is 9.47 Å². The summed E-state index contributed by atoms with van der Waals surface area (Å²) in [6.07, 6.45) is 3.07. The fourth-order valence-corrected chi connectivity index (χ4v) is 2.44. The number of nitrogens with one attached hydrogen (secondary N) is 1. The Labute approximate surface area is 150 Å². The van der Waals surface area contributed by atoms with E-state index in [-0.39, 0.29) is 11.5 Å². The number of rotatable bonds is 6. The number of ether oxygens (including phenoxy) is 2. The first-order valence-electron chi connectivity index (χ1n) is 7.90. The number of phenols is 1. The summed E-state index contributed by atoms with van der Waals surface area (Å²) in [5, 5.41) is 16.9. The molecule has 26 heavy (non-hydrogen) atoms. The van der Waals surface area contributed by atoms with Crippen LogP contribution in [0.2, 0.25) is 0 Å². The summed E-state index contributed by atoms with van der Waals surface area (Å²) in [6, 6.07) is 13.9. The number of hydrogen-bond donors (Lipinski definition) is 2. The SMILES string of the molecule is COc1ccc(-c2cc(C=CC(=O)c3ccc(OC)c(O)c3)[nH]n2)cc1. The van der Waals surface area contributed by atoms with Gasteiger partial charge < -0.3 is 14.6 Å². The molecule has 0 spiro atoms. The largest absolute Gasteiger partial charge is 0.504 e. The quantitative estimate of drug-likeness (QED) is 0.523. The molecule has 3 aromatic rings. The molecule has 0 unspecified atom stereocenters. The lowest BCUT2D eigenvalue weighted by Gasteiger charge is -2.03. The molecular weight excluding hydrogens is 332 g/mol. The number of hydrogen-bond acceptors (Lipinski definition) is 5. The van der Waals surface area contributed by atoms with E-state index >= 15 is 0 Å². The topological polar surface area (TPSA) is 84.4 Å². The highest BCUT2D eigenvalue weighted by Gasteiger charge is 2.08. The van der Waals surface area contributed by atoms with Crippen LogP contribution in [0.5, 0.6) is 17.2 Å². The molecule has 1 heterocycles. The minimum absolute atomic E-state index is 0.0740. The lowest BCUT2D eigenvalue weighted by Crippen LogP contribution is -1.94. The Morgan fingerprint density at radius 3 is 2.50 bits per heavy atom. The number of ketones is 1. The number of methoxy groups -OCH3 is 2. The van der Waals surface area contributed by atoms with Crippen molar-refractivity contribution in [2.24, 2.45) is 0 Å². The van der Waals surface area contributed by atoms with Gasteiger partial charge in [0.1, 0.15) is 5.75 Å². The van der Waals surface area contributed by atoms with E-state index < -0.39 is 0 Å². The third-order valence-corrected chi connectivity index (χ3v) is 3.86. The molecule has 0 amide bonds. The van der Waals surface area contributed by atoms with Crippen LogP contribution >= 0.6 is 0 Å². The molecule has 1 aromatic heterocycles. The van der Waals surface area contributed by atoms with Gasteiger partial charge in [-0.2, -0.15) is 5.10 Å². The predicted octanol–water partition coefficient (Wildman–Crippen LogP) is 3.70. The maximum atomic E-state index is 12.2. The number of carbonyl (C=O) groups excluding carboxylic acids is 1. The van der Waals surface area contributed by atoms with E-state index in [2.05, 4.69) is 10.2 Å². The summed E-state index contributed by atoms with van der Waals surface area (Å²) >= 11 is 0. The standard InChI is InChI=1S/C20H18N2O4/c1-25-16-7-3-13(4-8-16)17-12-15(21-22-17)6-9-18(23)14-5-10-20(26-2)19(24)11-14/h3-12,24H,1-2H3,(H,21,22). The Balaban J connectivity index is 1.73. The molecule has 6 heteroatoms. The first kappa shape index (κ1) is 17.3. The van der Waals surface area contributed by atoms with Gasteiger partial charge in [0.05, 0.1) is 25.6 Å². The Bertz CT molecular complexity index is 943. The molecule has 0 saturated heterocycles. The fourth-order valence-electron chi connectivity index (χ4n) is 2.44. The number of nitrogens with zero attached hydrogens (tertiary/aromatic N) is 1. The van der Waals surface area contributed by atoms with Crippen molar-refractivity contribution < 1.29 is 19.4 Å². The van der Waals surface area contributed by atoms with Gasteiger partial charge in [-0.3, -0.25) is 9.89 Å². The van der Waals surface area contributed by atoms with Crippen LogP contribution < -0.4 is 9.47 Å². The lowest BCUT2D eigenvalue weighted by molar-refractivity contribution is 0.104. The van der Waals surface area contributed by atoms with Gasteiger partial charge in [-0.1, -0.05) is 0 Å². The summed E-state index contributed by atoms with van der Waals surface area (Å²) in [5.41, 5.74) is 2.77. The van der Waals surface area contributed by atoms with Crippen molar-refractivity contribution in [3.05, 3.63) is 65.9 Å². The van der Waals surface area contributed by atoms with Gasteiger partial charge in [0.25, 0.3) is 0 Å². The van der Waals surface area contributed by atoms with Gasteiger partial charge >= 0.3 is 0 Å². The summed E-state index contributed by atoms with van der Waals surface area (Å²) in [4.78, 5) is 12.2. The van der Waals surface area contributed by atoms with Crippen LogP contribution in [0.3, 0.4) is 0 Å². The average Bonchev–Trinajstić information content (AvgIpc) is 3.15. The zero-order valence-electron chi connectivity index (χ0n) is 14.4. The lowest BCUT2D eigenvalue weighted by atomic mass is 10.1. The molecular formula is C20H18N2O4. The number of aromatic hydroxyl groups is 1. The number of H-pyrrole nitrogens is 1. The van der Waals surface area contributed by atoms with Crippen molar-refractivity contribution in [3.63, 3.8) is 0 Å². The molecule has 0 bridgehead atoms. The number of phenolic OH excluding ortho intramolecular Hbond substituents is 1. The summed E-state index contributed by atoms with van der Waals surface area (Å²) < 4.78 is 10.1. The molecule has 2 N–H and O–H groups in total. The van der Waals surface area contributed by atoms with Crippen LogP contribution in [0.15, 0.2) is 54.6 Å². The van der Waals surface area contributed by atoms with Crippen LogP contribution in [0.1, 0.15) is 16.1 Å². The van der Waals surface area contributed by atoms with Gasteiger partial charge in [-0.15, -0.1) is 0 Å². The third-order valence-electron chi connectivity index (χ3n) is 3.86. The zero-order valence-corrected chi connectivity index (χ0v) is 14.4. The molecule has 0 aliphatic rings. The van der Waals surface area contributed by atoms with Crippen LogP contribution in [0, 0.1) is 0 Å². The Kier molecular flexibility index (Phi) is 5.03. The van der Waals surface area contributed by atoms with E-state index in [0.717, 1.165) is 17.0 Å². The van der Waals surface area contributed by atoms with E-state index in [1.165, 1.54) is 19.3 Å². The highest BCUT2D eigenvalue weighted by atomic mass is 16.5. The highest BCUT2D eigenvalue weighted by Crippen LogP contribution is 2.26. The monoisotopic (exact) mass is 350 g/mol. The maximum absolute atomic E-state index is 12.2. The summed E-state index contributed by atoms with van der Waals surface area (Å²) in [5.74, 6) is 0.791. The zero-order chi connectivity index (χ0) is 18.5. The molecule has 3 rings (SSSR count). The molecule has 0 aliphatic heterocycles. The Morgan fingerprint density at radius 1 is 1.08 bits per heavy atom. The van der Waals surface area contributed by atoms with E-state index in [1.54, 1.807) is 25.3 Å². The van der Waals surface area contributed by atoms with Crippen molar-refractivity contribution in [1.82, 2.24) is 10.2 Å². The highest BCUT2D eigenvalue weighted by molar-refractivity contribution is 6.07. The van der Waals surface area contributed by atoms with Crippen LogP contribution in [-0.4, -0.2) is 35.3 Å². The van der Waals surface area contributed by atoms with E-state index in [9.17, 15) is 9.90 Å². The van der Waals surface area contributed by atoms with Crippen molar-refractivity contribution in [3.8, 4) is 28.5 Å². The molecule has 6 nitrogen and oxygen atoms in total. The molecule has 0 fully saturated rings. The Hall–Kier alpha value is -3.54. The first-order valence-corrected chi connectivity index (χ1v) is 7.90. The third kappa shape index (κ3) is 3.75. The number of benzene rings is 2. The molecule has 2 aromatic carbocycles. The van der Waals surface area contributed by atoms with Crippen LogP contribution in [0.25, 0.3) is 17.3 Å². The van der Waals surface area contributed by atoms with Crippen LogP contribution in [0.4, 0.5) is 0 Å². The van der Waals surface area contributed by atoms with E-state index in [0.29, 0.717) is 17.0 Å². The van der Waals surface area contributed by atoms with Gasteiger partial charge in [0.15, 0.2) is 17.3 Å². The maximum Gasteiger partial charge on any atom is 0.186 e. The molecule has 0 radical (unpaired) electrons. The van der Waals surface area contributed by atoms with Crippen LogP contribution in [-0.2, 0) is 0 Å². The van der Waals surface area contributed by atoms with Crippen molar-refractivity contribution in [2.45, 2.75) is 0 Å². The van der Waals surface area contributed by atoms with Gasteiger partial charge in [-0.05, 0) is 60.7 Å². The second-order valence-electron chi connectivity index (χ2n) is 5.52. The molecule has 0 atom stereocenters. The summed E-state index contributed by atoms with van der Waals surface area (Å²) in [6.45, 7) is 0. The number of allylic oxidation sites excluding steroid dienone is 1.